The van der Waals surface area contributed by atoms with Crippen molar-refractivity contribution in [2.75, 3.05) is 26.4 Å². The second kappa shape index (κ2) is 76.0. The lowest BCUT2D eigenvalue weighted by molar-refractivity contribution is -0.161. The highest BCUT2D eigenvalue weighted by atomic mass is 31.2. The highest BCUT2D eigenvalue weighted by Gasteiger charge is 2.26. The lowest BCUT2D eigenvalue weighted by Crippen LogP contribution is -2.29. The van der Waals surface area contributed by atoms with Crippen LogP contribution < -0.4 is 5.73 Å². The Balaban J connectivity index is 3.72. The van der Waals surface area contributed by atoms with Crippen molar-refractivity contribution in [3.8, 4) is 0 Å². The molecule has 3 N–H and O–H groups in total. The first-order chi connectivity index (χ1) is 43.8. The quantitative estimate of drug-likeness (QED) is 0.0347. The number of hydrogen-bond donors (Lipinski definition) is 2. The Bertz CT molecular complexity index is 1420. The molecule has 0 aromatic rings. The van der Waals surface area contributed by atoms with E-state index in [4.69, 9.17) is 24.3 Å². The van der Waals surface area contributed by atoms with Crippen molar-refractivity contribution in [1.29, 1.82) is 0 Å². The van der Waals surface area contributed by atoms with Crippen molar-refractivity contribution in [2.45, 2.75) is 469 Å². The average molecular weight is 1280 g/mol. The molecule has 532 valence electrons. The SMILES string of the molecule is CCCCCCCCCCCCCCCCCCCCCCCCCCCCCCCCCCCCC(=O)OC[C@H](COP(=O)(O)OCCN)OC(=O)CCCCCCCCCCCCCCCCCCCCCCCCCCCCCCCCCCCC. The lowest BCUT2D eigenvalue weighted by Gasteiger charge is -2.19. The smallest absolute Gasteiger partial charge is 0.462 e. The molecular formula is C79H158NO8P. The molecule has 0 amide bonds. The second-order valence-corrected chi connectivity index (χ2v) is 29.5. The number of unbranched alkanes of at least 4 members (excludes halogenated alkanes) is 66. The second-order valence-electron chi connectivity index (χ2n) is 28.0. The zero-order valence-electron chi connectivity index (χ0n) is 60.2. The highest BCUT2D eigenvalue weighted by Crippen LogP contribution is 2.43. The maximum absolute atomic E-state index is 12.8. The van der Waals surface area contributed by atoms with Gasteiger partial charge in [0, 0.05) is 19.4 Å². The Morgan fingerprint density at radius 3 is 0.685 bits per heavy atom. The van der Waals surface area contributed by atoms with Crippen LogP contribution >= 0.6 is 7.82 Å². The van der Waals surface area contributed by atoms with Crippen LogP contribution in [-0.2, 0) is 32.7 Å². The topological polar surface area (TPSA) is 134 Å². The van der Waals surface area contributed by atoms with Crippen LogP contribution in [0.3, 0.4) is 0 Å². The largest absolute Gasteiger partial charge is 0.472 e. The predicted molar refractivity (Wildman–Crippen MR) is 386 cm³/mol. The number of hydrogen-bond acceptors (Lipinski definition) is 8. The molecule has 9 nitrogen and oxygen atoms in total. The maximum atomic E-state index is 12.8. The van der Waals surface area contributed by atoms with E-state index in [0.29, 0.717) is 12.8 Å². The number of phosphoric ester groups is 1. The molecule has 0 saturated heterocycles. The standard InChI is InChI=1S/C79H158NO8P/c1-3-5-7-9-11-13-15-17-19-21-23-25-27-29-31-33-35-37-39-41-43-45-47-49-51-53-55-57-59-61-63-65-67-69-71-78(81)85-75-77(76-87-89(83,84)86-74-73-80)88-79(82)72-70-68-66-64-62-60-58-56-54-52-50-48-46-44-42-40-38-36-34-32-30-28-26-24-22-20-18-16-14-12-10-8-6-4-2/h77H,3-76,80H2,1-2H3,(H,83,84)/t77-/m1/s1. The van der Waals surface area contributed by atoms with Crippen LogP contribution in [0, 0.1) is 0 Å². The minimum absolute atomic E-state index is 0.0590. The van der Waals surface area contributed by atoms with E-state index >= 15 is 0 Å². The lowest BCUT2D eigenvalue weighted by atomic mass is 10.0. The minimum atomic E-state index is -4.39. The molecule has 0 aliphatic carbocycles. The third kappa shape index (κ3) is 75.9. The number of carbonyl (C=O) groups is 2. The van der Waals surface area contributed by atoms with E-state index in [2.05, 4.69) is 13.8 Å². The van der Waals surface area contributed by atoms with Crippen LogP contribution in [0.1, 0.15) is 463 Å². The third-order valence-corrected chi connectivity index (χ3v) is 20.0. The predicted octanol–water partition coefficient (Wildman–Crippen LogP) is 26.9. The number of phosphoric acid groups is 1. The summed E-state index contributed by atoms with van der Waals surface area (Å²) in [5, 5.41) is 0. The number of esters is 2. The number of rotatable bonds is 79. The molecule has 0 rings (SSSR count). The Kier molecular flexibility index (Phi) is 75.2. The van der Waals surface area contributed by atoms with E-state index in [0.717, 1.165) is 32.1 Å². The summed E-state index contributed by atoms with van der Waals surface area (Å²) in [7, 11) is -4.39. The maximum Gasteiger partial charge on any atom is 0.472 e. The van der Waals surface area contributed by atoms with Crippen molar-refractivity contribution in [3.63, 3.8) is 0 Å². The first-order valence-corrected chi connectivity index (χ1v) is 42.0. The van der Waals surface area contributed by atoms with Crippen LogP contribution in [-0.4, -0.2) is 49.3 Å². The van der Waals surface area contributed by atoms with Gasteiger partial charge in [0.05, 0.1) is 13.2 Å². The molecule has 0 radical (unpaired) electrons. The fourth-order valence-corrected chi connectivity index (χ4v) is 13.8. The summed E-state index contributed by atoms with van der Waals surface area (Å²) in [6, 6.07) is 0. The molecule has 0 aliphatic heterocycles. The van der Waals surface area contributed by atoms with E-state index in [9.17, 15) is 19.0 Å². The summed E-state index contributed by atoms with van der Waals surface area (Å²) < 4.78 is 33.3. The molecule has 0 saturated carbocycles. The van der Waals surface area contributed by atoms with Crippen molar-refractivity contribution in [3.05, 3.63) is 0 Å². The minimum Gasteiger partial charge on any atom is -0.462 e. The Labute approximate surface area is 556 Å². The molecule has 89 heavy (non-hydrogen) atoms. The van der Waals surface area contributed by atoms with Crippen LogP contribution in [0.25, 0.3) is 0 Å². The van der Waals surface area contributed by atoms with Crippen molar-refractivity contribution in [2.24, 2.45) is 5.73 Å². The van der Waals surface area contributed by atoms with E-state index in [1.165, 1.54) is 398 Å². The van der Waals surface area contributed by atoms with Crippen molar-refractivity contribution >= 4 is 19.8 Å². The number of nitrogens with two attached hydrogens (primary N) is 1. The summed E-state index contributed by atoms with van der Waals surface area (Å²) >= 11 is 0. The summed E-state index contributed by atoms with van der Waals surface area (Å²) in [5.41, 5.74) is 5.42. The van der Waals surface area contributed by atoms with Gasteiger partial charge in [0.2, 0.25) is 0 Å². The van der Waals surface area contributed by atoms with Gasteiger partial charge in [0.15, 0.2) is 6.10 Å². The Morgan fingerprint density at radius 2 is 0.483 bits per heavy atom. The van der Waals surface area contributed by atoms with Gasteiger partial charge in [-0.3, -0.25) is 18.6 Å². The molecule has 1 unspecified atom stereocenters. The van der Waals surface area contributed by atoms with Crippen LogP contribution in [0.5, 0.6) is 0 Å². The van der Waals surface area contributed by atoms with E-state index in [-0.39, 0.29) is 32.1 Å². The first-order valence-electron chi connectivity index (χ1n) is 40.5. The van der Waals surface area contributed by atoms with Gasteiger partial charge < -0.3 is 20.1 Å². The van der Waals surface area contributed by atoms with E-state index < -0.39 is 26.5 Å². The van der Waals surface area contributed by atoms with Crippen LogP contribution in [0.2, 0.25) is 0 Å². The van der Waals surface area contributed by atoms with Gasteiger partial charge in [-0.15, -0.1) is 0 Å². The molecule has 2 atom stereocenters. The zero-order valence-corrected chi connectivity index (χ0v) is 61.1. The molecule has 0 fully saturated rings. The van der Waals surface area contributed by atoms with Gasteiger partial charge in [-0.05, 0) is 12.8 Å². The molecule has 10 heteroatoms. The third-order valence-electron chi connectivity index (χ3n) is 19.0. The van der Waals surface area contributed by atoms with E-state index in [1.54, 1.807) is 0 Å². The fourth-order valence-electron chi connectivity index (χ4n) is 13.0. The monoisotopic (exact) mass is 1280 g/mol. The normalized spacial score (nSPS) is 12.7. The molecular weight excluding hydrogens is 1120 g/mol. The summed E-state index contributed by atoms with van der Waals surface area (Å²) in [6.45, 7) is 3.86. The zero-order chi connectivity index (χ0) is 64.4. The van der Waals surface area contributed by atoms with Gasteiger partial charge >= 0.3 is 19.8 Å². The van der Waals surface area contributed by atoms with Crippen molar-refractivity contribution < 1.29 is 37.6 Å². The summed E-state index contributed by atoms with van der Waals surface area (Å²) in [4.78, 5) is 35.5. The molecule has 0 heterocycles. The summed E-state index contributed by atoms with van der Waals surface area (Å²) in [5.74, 6) is -0.794. The Morgan fingerprint density at radius 1 is 0.292 bits per heavy atom. The van der Waals surface area contributed by atoms with E-state index in [1.807, 2.05) is 0 Å². The average Bonchev–Trinajstić information content (AvgIpc) is 3.60. The van der Waals surface area contributed by atoms with Crippen LogP contribution in [0.4, 0.5) is 0 Å². The first kappa shape index (κ1) is 88.0. The molecule has 0 aromatic carbocycles. The fraction of sp³-hybridized carbons (Fsp3) is 0.975. The molecule has 0 aliphatic rings. The molecule has 0 spiro atoms. The molecule has 0 bridgehead atoms. The van der Waals surface area contributed by atoms with Gasteiger partial charge in [-0.25, -0.2) is 4.57 Å². The van der Waals surface area contributed by atoms with Crippen molar-refractivity contribution in [1.82, 2.24) is 0 Å². The summed E-state index contributed by atoms with van der Waals surface area (Å²) in [6.07, 6.45) is 92.6. The van der Waals surface area contributed by atoms with Crippen LogP contribution in [0.15, 0.2) is 0 Å². The molecule has 0 aromatic heterocycles. The van der Waals surface area contributed by atoms with Gasteiger partial charge in [0.25, 0.3) is 0 Å². The van der Waals surface area contributed by atoms with Gasteiger partial charge in [-0.1, -0.05) is 438 Å². The van der Waals surface area contributed by atoms with Gasteiger partial charge in [-0.2, -0.15) is 0 Å². The number of ether oxygens (including phenoxy) is 2. The highest BCUT2D eigenvalue weighted by molar-refractivity contribution is 7.47. The Hall–Kier alpha value is -0.990. The van der Waals surface area contributed by atoms with Gasteiger partial charge in [0.1, 0.15) is 6.61 Å². The number of carbonyl (C=O) groups excluding carboxylic acids is 2.